The van der Waals surface area contributed by atoms with Gasteiger partial charge in [-0.1, -0.05) is 18.2 Å². The van der Waals surface area contributed by atoms with Crippen LogP contribution < -0.4 is 4.74 Å². The van der Waals surface area contributed by atoms with E-state index in [0.717, 1.165) is 24.2 Å². The lowest BCUT2D eigenvalue weighted by Crippen LogP contribution is -2.21. The van der Waals surface area contributed by atoms with Crippen molar-refractivity contribution in [3.05, 3.63) is 52.2 Å². The van der Waals surface area contributed by atoms with Crippen LogP contribution in [0.3, 0.4) is 0 Å². The van der Waals surface area contributed by atoms with Crippen molar-refractivity contribution >= 4 is 11.3 Å². The highest BCUT2D eigenvalue weighted by molar-refractivity contribution is 7.09. The zero-order chi connectivity index (χ0) is 13.0. The summed E-state index contributed by atoms with van der Waals surface area (Å²) in [5, 5.41) is 12.6. The molecule has 0 radical (unpaired) electrons. The van der Waals surface area contributed by atoms with Crippen molar-refractivity contribution in [2.75, 3.05) is 7.11 Å². The van der Waals surface area contributed by atoms with Gasteiger partial charge in [0.1, 0.15) is 5.75 Å². The second-order valence-electron chi connectivity index (χ2n) is 4.58. The molecule has 0 spiro atoms. The molecule has 0 aliphatic heterocycles. The highest BCUT2D eigenvalue weighted by atomic mass is 32.1. The topological polar surface area (TPSA) is 29.5 Å². The van der Waals surface area contributed by atoms with Gasteiger partial charge in [0.25, 0.3) is 0 Å². The van der Waals surface area contributed by atoms with Gasteiger partial charge in [-0.3, -0.25) is 0 Å². The largest absolute Gasteiger partial charge is 0.497 e. The molecule has 0 saturated heterocycles. The van der Waals surface area contributed by atoms with Crippen LogP contribution in [0.1, 0.15) is 23.8 Å². The van der Waals surface area contributed by atoms with Gasteiger partial charge in [-0.2, -0.15) is 0 Å². The molecule has 0 fully saturated rings. The predicted molar refractivity (Wildman–Crippen MR) is 75.2 cm³/mol. The number of rotatable bonds is 5. The summed E-state index contributed by atoms with van der Waals surface area (Å²) in [5.74, 6) is 0.813. The van der Waals surface area contributed by atoms with Crippen molar-refractivity contribution < 1.29 is 9.84 Å². The van der Waals surface area contributed by atoms with Crippen LogP contribution in [-0.4, -0.2) is 12.2 Å². The molecule has 0 aliphatic rings. The van der Waals surface area contributed by atoms with Crippen LogP contribution in [0.25, 0.3) is 0 Å². The maximum atomic E-state index is 10.5. The van der Waals surface area contributed by atoms with Gasteiger partial charge >= 0.3 is 0 Å². The zero-order valence-electron chi connectivity index (χ0n) is 10.7. The second kappa shape index (κ2) is 5.55. The third-order valence-electron chi connectivity index (χ3n) is 3.15. The summed E-state index contributed by atoms with van der Waals surface area (Å²) < 4.78 is 5.12. The number of aryl methyl sites for hydroxylation is 1. The lowest BCUT2D eigenvalue weighted by molar-refractivity contribution is 0.0482. The maximum absolute atomic E-state index is 10.5. The molecule has 1 N–H and O–H groups in total. The lowest BCUT2D eigenvalue weighted by Gasteiger charge is -2.23. The van der Waals surface area contributed by atoms with E-state index in [0.29, 0.717) is 0 Å². The Bertz CT molecular complexity index is 472. The molecular weight excluding hydrogens is 244 g/mol. The van der Waals surface area contributed by atoms with Crippen LogP contribution in [0, 0.1) is 0 Å². The van der Waals surface area contributed by atoms with Crippen LogP contribution in [0.15, 0.2) is 41.8 Å². The first-order valence-electron chi connectivity index (χ1n) is 6.01. The zero-order valence-corrected chi connectivity index (χ0v) is 11.5. The van der Waals surface area contributed by atoms with E-state index in [9.17, 15) is 5.11 Å². The van der Waals surface area contributed by atoms with Crippen molar-refractivity contribution in [3.63, 3.8) is 0 Å². The average Bonchev–Trinajstić information content (AvgIpc) is 2.90. The highest BCUT2D eigenvalue weighted by Gasteiger charge is 2.22. The first kappa shape index (κ1) is 13.1. The molecule has 1 aromatic heterocycles. The lowest BCUT2D eigenvalue weighted by atomic mass is 9.91. The SMILES string of the molecule is COc1ccc(C(C)(O)CCc2cccs2)cc1. The van der Waals surface area contributed by atoms with Crippen LogP contribution in [0.2, 0.25) is 0 Å². The van der Waals surface area contributed by atoms with E-state index < -0.39 is 5.60 Å². The molecule has 2 aromatic rings. The van der Waals surface area contributed by atoms with Crippen molar-refractivity contribution in [1.29, 1.82) is 0 Å². The molecule has 0 bridgehead atoms. The Hall–Kier alpha value is -1.32. The molecule has 1 heterocycles. The summed E-state index contributed by atoms with van der Waals surface area (Å²) in [7, 11) is 1.64. The van der Waals surface area contributed by atoms with Gasteiger partial charge in [-0.15, -0.1) is 11.3 Å². The third-order valence-corrected chi connectivity index (χ3v) is 4.09. The minimum absolute atomic E-state index is 0.722. The fourth-order valence-electron chi connectivity index (χ4n) is 1.92. The minimum atomic E-state index is -0.795. The monoisotopic (exact) mass is 262 g/mol. The van der Waals surface area contributed by atoms with Crippen LogP contribution in [0.4, 0.5) is 0 Å². The number of ether oxygens (including phenoxy) is 1. The van der Waals surface area contributed by atoms with Gasteiger partial charge in [0.15, 0.2) is 0 Å². The Balaban J connectivity index is 2.04. The van der Waals surface area contributed by atoms with E-state index in [2.05, 4.69) is 11.4 Å². The smallest absolute Gasteiger partial charge is 0.118 e. The molecule has 1 unspecified atom stereocenters. The standard InChI is InChI=1S/C15H18O2S/c1-15(16,10-9-14-4-3-11-18-14)12-5-7-13(17-2)8-6-12/h3-8,11,16H,9-10H2,1-2H3. The van der Waals surface area contributed by atoms with Gasteiger partial charge in [-0.25, -0.2) is 0 Å². The molecule has 2 nitrogen and oxygen atoms in total. The Morgan fingerprint density at radius 3 is 2.50 bits per heavy atom. The van der Waals surface area contributed by atoms with Gasteiger partial charge in [-0.05, 0) is 48.9 Å². The van der Waals surface area contributed by atoms with Crippen LogP contribution >= 0.6 is 11.3 Å². The molecule has 1 aromatic carbocycles. The third kappa shape index (κ3) is 3.12. The van der Waals surface area contributed by atoms with E-state index in [1.54, 1.807) is 18.4 Å². The summed E-state index contributed by atoms with van der Waals surface area (Å²) in [6.45, 7) is 1.86. The molecular formula is C15H18O2S. The Labute approximate surface area is 112 Å². The Kier molecular flexibility index (Phi) is 4.04. The summed E-state index contributed by atoms with van der Waals surface area (Å²) in [4.78, 5) is 1.31. The fraction of sp³-hybridized carbons (Fsp3) is 0.333. The van der Waals surface area contributed by atoms with Gasteiger partial charge in [0.05, 0.1) is 12.7 Å². The molecule has 3 heteroatoms. The van der Waals surface area contributed by atoms with Crippen molar-refractivity contribution in [2.45, 2.75) is 25.4 Å². The van der Waals surface area contributed by atoms with Gasteiger partial charge in [0.2, 0.25) is 0 Å². The van der Waals surface area contributed by atoms with E-state index >= 15 is 0 Å². The number of hydrogen-bond acceptors (Lipinski definition) is 3. The molecule has 2 rings (SSSR count). The van der Waals surface area contributed by atoms with E-state index in [1.165, 1.54) is 4.88 Å². The second-order valence-corrected chi connectivity index (χ2v) is 5.61. The fourth-order valence-corrected chi connectivity index (χ4v) is 2.62. The molecule has 0 saturated carbocycles. The highest BCUT2D eigenvalue weighted by Crippen LogP contribution is 2.28. The van der Waals surface area contributed by atoms with Gasteiger partial charge < -0.3 is 9.84 Å². The number of hydrogen-bond donors (Lipinski definition) is 1. The summed E-state index contributed by atoms with van der Waals surface area (Å²) >= 11 is 1.73. The Morgan fingerprint density at radius 2 is 1.94 bits per heavy atom. The van der Waals surface area contributed by atoms with Crippen molar-refractivity contribution in [1.82, 2.24) is 0 Å². The van der Waals surface area contributed by atoms with Crippen molar-refractivity contribution in [3.8, 4) is 5.75 Å². The van der Waals surface area contributed by atoms with Crippen LogP contribution in [0.5, 0.6) is 5.75 Å². The molecule has 0 aliphatic carbocycles. The summed E-state index contributed by atoms with van der Waals surface area (Å²) in [6, 6.07) is 11.8. The average molecular weight is 262 g/mol. The maximum Gasteiger partial charge on any atom is 0.118 e. The number of aliphatic hydroxyl groups is 1. The molecule has 1 atom stereocenters. The van der Waals surface area contributed by atoms with Crippen molar-refractivity contribution in [2.24, 2.45) is 0 Å². The van der Waals surface area contributed by atoms with E-state index in [-0.39, 0.29) is 0 Å². The van der Waals surface area contributed by atoms with Gasteiger partial charge in [0, 0.05) is 4.88 Å². The summed E-state index contributed by atoms with van der Waals surface area (Å²) in [5.41, 5.74) is 0.135. The van der Waals surface area contributed by atoms with E-state index in [1.807, 2.05) is 37.3 Å². The van der Waals surface area contributed by atoms with Crippen LogP contribution in [-0.2, 0) is 12.0 Å². The normalized spacial score (nSPS) is 14.2. The minimum Gasteiger partial charge on any atom is -0.497 e. The Morgan fingerprint density at radius 1 is 1.22 bits per heavy atom. The first-order chi connectivity index (χ1) is 8.62. The molecule has 0 amide bonds. The summed E-state index contributed by atoms with van der Waals surface area (Å²) in [6.07, 6.45) is 1.62. The molecule has 18 heavy (non-hydrogen) atoms. The number of methoxy groups -OCH3 is 1. The van der Waals surface area contributed by atoms with E-state index in [4.69, 9.17) is 4.74 Å². The quantitative estimate of drug-likeness (QED) is 0.892. The number of thiophene rings is 1. The predicted octanol–water partition coefficient (Wildman–Crippen LogP) is 3.60. The molecule has 96 valence electrons. The first-order valence-corrected chi connectivity index (χ1v) is 6.89. The number of benzene rings is 1.